The van der Waals surface area contributed by atoms with Crippen LogP contribution in [0.2, 0.25) is 0 Å². The van der Waals surface area contributed by atoms with Crippen LogP contribution in [0, 0.1) is 0 Å². The third kappa shape index (κ3) is 3.64. The zero-order chi connectivity index (χ0) is 12.2. The maximum atomic E-state index is 12.4. The fourth-order valence-electron chi connectivity index (χ4n) is 0.864. The molecule has 7 heteroatoms. The number of halogens is 5. The Morgan fingerprint density at radius 3 is 2.06 bits per heavy atom. The summed E-state index contributed by atoms with van der Waals surface area (Å²) >= 11 is -0.628. The molecule has 1 aromatic rings. The molecule has 0 bridgehead atoms. The molecule has 0 aliphatic rings. The first-order valence-corrected chi connectivity index (χ1v) is 5.04. The number of alkyl halides is 5. The fraction of sp³-hybridized carbons (Fsp3) is 0.333. The van der Waals surface area contributed by atoms with Crippen LogP contribution in [0.5, 0.6) is 0 Å². The van der Waals surface area contributed by atoms with Crippen molar-refractivity contribution in [3.8, 4) is 0 Å². The Morgan fingerprint density at radius 2 is 1.56 bits per heavy atom. The molecule has 1 nitrogen and oxygen atoms in total. The molecule has 1 rings (SSSR count). The molecule has 0 saturated heterocycles. The number of hydrogen-bond donors (Lipinski definition) is 1. The molecule has 1 N–H and O–H groups in total. The molecule has 0 aromatic heterocycles. The van der Waals surface area contributed by atoms with Crippen LogP contribution in [0.3, 0.4) is 0 Å². The van der Waals surface area contributed by atoms with Gasteiger partial charge in [-0.3, -0.25) is 4.72 Å². The summed E-state index contributed by atoms with van der Waals surface area (Å²) in [6.45, 7) is -0.0584. The monoisotopic (exact) mass is 257 g/mol. The standard InChI is InChI=1S/C9H8F5NS/c10-8(11,12)9(13,14)16-15-6-7-4-2-1-3-5-7/h1-5,15H,6H2. The molecule has 0 heterocycles. The molecular weight excluding hydrogens is 249 g/mol. The summed E-state index contributed by atoms with van der Waals surface area (Å²) < 4.78 is 62.1. The van der Waals surface area contributed by atoms with Gasteiger partial charge in [-0.1, -0.05) is 30.3 Å². The SMILES string of the molecule is FC(F)(F)C(F)(F)SNCc1ccccc1. The van der Waals surface area contributed by atoms with Gasteiger partial charge < -0.3 is 0 Å². The number of benzene rings is 1. The van der Waals surface area contributed by atoms with Crippen LogP contribution in [0.1, 0.15) is 5.56 Å². The van der Waals surface area contributed by atoms with Gasteiger partial charge in [0.2, 0.25) is 0 Å². The van der Waals surface area contributed by atoms with Crippen molar-refractivity contribution in [3.05, 3.63) is 35.9 Å². The topological polar surface area (TPSA) is 12.0 Å². The molecule has 0 aliphatic carbocycles. The minimum absolute atomic E-state index is 0.0584. The lowest BCUT2D eigenvalue weighted by Crippen LogP contribution is -2.35. The molecule has 0 saturated carbocycles. The maximum absolute atomic E-state index is 12.4. The molecule has 0 amide bonds. The lowest BCUT2D eigenvalue weighted by atomic mass is 10.2. The van der Waals surface area contributed by atoms with Crippen LogP contribution in [0.15, 0.2) is 30.3 Å². The van der Waals surface area contributed by atoms with Crippen LogP contribution < -0.4 is 4.72 Å². The normalized spacial score (nSPS) is 12.8. The van der Waals surface area contributed by atoms with Crippen molar-refractivity contribution in [1.29, 1.82) is 0 Å². The quantitative estimate of drug-likeness (QED) is 0.653. The lowest BCUT2D eigenvalue weighted by Gasteiger charge is -2.18. The van der Waals surface area contributed by atoms with Gasteiger partial charge in [0.25, 0.3) is 0 Å². The van der Waals surface area contributed by atoms with Crippen LogP contribution in [-0.4, -0.2) is 11.4 Å². The summed E-state index contributed by atoms with van der Waals surface area (Å²) in [5, 5.41) is -4.78. The molecule has 0 unspecified atom stereocenters. The zero-order valence-corrected chi connectivity index (χ0v) is 8.71. The summed E-state index contributed by atoms with van der Waals surface area (Å²) in [5.41, 5.74) is 0.632. The molecule has 0 radical (unpaired) electrons. The van der Waals surface area contributed by atoms with Crippen molar-refractivity contribution < 1.29 is 22.0 Å². The van der Waals surface area contributed by atoms with E-state index < -0.39 is 23.4 Å². The van der Waals surface area contributed by atoms with Crippen molar-refractivity contribution in [3.63, 3.8) is 0 Å². The Labute approximate surface area is 93.2 Å². The summed E-state index contributed by atoms with van der Waals surface area (Å²) in [6.07, 6.45) is -5.54. The molecule has 0 spiro atoms. The molecule has 0 aliphatic heterocycles. The fourth-order valence-corrected chi connectivity index (χ4v) is 1.40. The summed E-state index contributed by atoms with van der Waals surface area (Å²) in [5.74, 6) is 0. The highest BCUT2D eigenvalue weighted by Gasteiger charge is 2.58. The van der Waals surface area contributed by atoms with E-state index in [1.807, 2.05) is 4.72 Å². The van der Waals surface area contributed by atoms with E-state index in [0.29, 0.717) is 5.56 Å². The Balaban J connectivity index is 2.42. The zero-order valence-electron chi connectivity index (χ0n) is 7.89. The van der Waals surface area contributed by atoms with Gasteiger partial charge >= 0.3 is 11.4 Å². The van der Waals surface area contributed by atoms with E-state index >= 15 is 0 Å². The van der Waals surface area contributed by atoms with Crippen molar-refractivity contribution in [2.75, 3.05) is 0 Å². The molecule has 0 atom stereocenters. The molecule has 1 aromatic carbocycles. The first-order valence-electron chi connectivity index (χ1n) is 4.22. The van der Waals surface area contributed by atoms with Crippen molar-refractivity contribution >= 4 is 11.9 Å². The second-order valence-electron chi connectivity index (χ2n) is 2.92. The van der Waals surface area contributed by atoms with Crippen LogP contribution >= 0.6 is 11.9 Å². The second-order valence-corrected chi connectivity index (χ2v) is 3.93. The highest BCUT2D eigenvalue weighted by Crippen LogP contribution is 2.42. The second kappa shape index (κ2) is 5.01. The third-order valence-electron chi connectivity index (χ3n) is 1.65. The number of nitrogens with one attached hydrogen (secondary N) is 1. The predicted octanol–water partition coefficient (Wildman–Crippen LogP) is 3.58. The number of hydrogen-bond acceptors (Lipinski definition) is 2. The van der Waals surface area contributed by atoms with E-state index in [1.165, 1.54) is 0 Å². The van der Waals surface area contributed by atoms with E-state index in [9.17, 15) is 22.0 Å². The van der Waals surface area contributed by atoms with E-state index in [-0.39, 0.29) is 6.54 Å². The minimum Gasteiger partial charge on any atom is -0.254 e. The first kappa shape index (κ1) is 13.2. The third-order valence-corrected chi connectivity index (χ3v) is 2.43. The van der Waals surface area contributed by atoms with Crippen molar-refractivity contribution in [1.82, 2.24) is 4.72 Å². The highest BCUT2D eigenvalue weighted by molar-refractivity contribution is 7.98. The van der Waals surface area contributed by atoms with E-state index in [1.54, 1.807) is 30.3 Å². The smallest absolute Gasteiger partial charge is 0.254 e. The summed E-state index contributed by atoms with van der Waals surface area (Å²) in [6, 6.07) is 8.31. The first-order chi connectivity index (χ1) is 7.33. The van der Waals surface area contributed by atoms with Crippen molar-refractivity contribution in [2.24, 2.45) is 0 Å². The van der Waals surface area contributed by atoms with Gasteiger partial charge in [-0.15, -0.1) is 0 Å². The average Bonchev–Trinajstić information content (AvgIpc) is 2.17. The summed E-state index contributed by atoms with van der Waals surface area (Å²) in [7, 11) is 0. The van der Waals surface area contributed by atoms with Gasteiger partial charge in [0.05, 0.1) is 0 Å². The molecule has 16 heavy (non-hydrogen) atoms. The van der Waals surface area contributed by atoms with Crippen LogP contribution in [0.25, 0.3) is 0 Å². The highest BCUT2D eigenvalue weighted by atomic mass is 32.2. The molecule has 90 valence electrons. The van der Waals surface area contributed by atoms with Gasteiger partial charge in [-0.2, -0.15) is 22.0 Å². The van der Waals surface area contributed by atoms with Gasteiger partial charge in [-0.05, 0) is 5.56 Å². The molecule has 0 fully saturated rings. The van der Waals surface area contributed by atoms with E-state index in [0.717, 1.165) is 0 Å². The summed E-state index contributed by atoms with van der Waals surface area (Å²) in [4.78, 5) is 0. The molecular formula is C9H8F5NS. The Morgan fingerprint density at radius 1 is 1.00 bits per heavy atom. The number of rotatable bonds is 4. The Kier molecular flexibility index (Phi) is 4.15. The Hall–Kier alpha value is -0.820. The van der Waals surface area contributed by atoms with Crippen molar-refractivity contribution in [2.45, 2.75) is 18.0 Å². The average molecular weight is 257 g/mol. The van der Waals surface area contributed by atoms with Gasteiger partial charge in [0.1, 0.15) is 0 Å². The van der Waals surface area contributed by atoms with Gasteiger partial charge in [0.15, 0.2) is 0 Å². The van der Waals surface area contributed by atoms with E-state index in [2.05, 4.69) is 0 Å². The van der Waals surface area contributed by atoms with Gasteiger partial charge in [-0.25, -0.2) is 0 Å². The predicted molar refractivity (Wildman–Crippen MR) is 51.9 cm³/mol. The van der Waals surface area contributed by atoms with E-state index in [4.69, 9.17) is 0 Å². The lowest BCUT2D eigenvalue weighted by molar-refractivity contribution is -0.237. The largest absolute Gasteiger partial charge is 0.465 e. The van der Waals surface area contributed by atoms with Crippen LogP contribution in [0.4, 0.5) is 22.0 Å². The maximum Gasteiger partial charge on any atom is 0.465 e. The minimum atomic E-state index is -5.54. The Bertz CT molecular complexity index is 324. The van der Waals surface area contributed by atoms with Crippen LogP contribution in [-0.2, 0) is 6.54 Å². The van der Waals surface area contributed by atoms with Gasteiger partial charge in [0, 0.05) is 18.5 Å².